The maximum Gasteiger partial charge on any atom is 0.328 e. The Bertz CT molecular complexity index is 464. The number of phenolic OH excluding ortho intramolecular Hbond substituents is 2. The Kier molecular flexibility index (Phi) is 4.74. The van der Waals surface area contributed by atoms with E-state index in [0.29, 0.717) is 0 Å². The van der Waals surface area contributed by atoms with Gasteiger partial charge >= 0.3 is 5.97 Å². The molecule has 3 N–H and O–H groups in total. The standard InChI is InChI=1S/C13H17NO5/c1-7(2)11(13(18)19-3)14-12(17)8-4-9(15)6-10(16)5-8/h4-7,11,15-16H,1-3H3,(H,14,17). The number of amides is 1. The first-order chi connectivity index (χ1) is 8.85. The SMILES string of the molecule is COC(=O)C(NC(=O)c1cc(O)cc(O)c1)C(C)C. The summed E-state index contributed by atoms with van der Waals surface area (Å²) in [6, 6.07) is 2.71. The van der Waals surface area contributed by atoms with E-state index >= 15 is 0 Å². The number of hydrogen-bond donors (Lipinski definition) is 3. The molecular weight excluding hydrogens is 250 g/mol. The van der Waals surface area contributed by atoms with Gasteiger partial charge in [-0.15, -0.1) is 0 Å². The minimum Gasteiger partial charge on any atom is -0.508 e. The third-order valence-corrected chi connectivity index (χ3v) is 2.57. The van der Waals surface area contributed by atoms with Crippen molar-refractivity contribution in [2.45, 2.75) is 19.9 Å². The van der Waals surface area contributed by atoms with Crippen LogP contribution in [-0.2, 0) is 9.53 Å². The second-order valence-corrected chi connectivity index (χ2v) is 4.46. The normalized spacial score (nSPS) is 12.0. The number of hydrogen-bond acceptors (Lipinski definition) is 5. The zero-order chi connectivity index (χ0) is 14.6. The number of rotatable bonds is 4. The molecule has 1 unspecified atom stereocenters. The first kappa shape index (κ1) is 14.8. The molecule has 6 heteroatoms. The number of phenols is 2. The minimum absolute atomic E-state index is 0.0621. The van der Waals surface area contributed by atoms with Crippen LogP contribution >= 0.6 is 0 Å². The third kappa shape index (κ3) is 3.87. The first-order valence-corrected chi connectivity index (χ1v) is 5.77. The summed E-state index contributed by atoms with van der Waals surface area (Å²) in [5, 5.41) is 21.1. The summed E-state index contributed by atoms with van der Waals surface area (Å²) >= 11 is 0. The first-order valence-electron chi connectivity index (χ1n) is 5.77. The highest BCUT2D eigenvalue weighted by atomic mass is 16.5. The smallest absolute Gasteiger partial charge is 0.328 e. The Morgan fingerprint density at radius 1 is 1.16 bits per heavy atom. The van der Waals surface area contributed by atoms with Gasteiger partial charge in [0.25, 0.3) is 5.91 Å². The van der Waals surface area contributed by atoms with Crippen molar-refractivity contribution in [2.75, 3.05) is 7.11 Å². The number of aromatic hydroxyl groups is 2. The molecule has 104 valence electrons. The van der Waals surface area contributed by atoms with E-state index in [9.17, 15) is 19.8 Å². The summed E-state index contributed by atoms with van der Waals surface area (Å²) < 4.78 is 4.61. The lowest BCUT2D eigenvalue weighted by atomic mass is 10.0. The van der Waals surface area contributed by atoms with Gasteiger partial charge in [-0.05, 0) is 18.1 Å². The Balaban J connectivity index is 2.90. The second-order valence-electron chi connectivity index (χ2n) is 4.46. The van der Waals surface area contributed by atoms with Gasteiger partial charge in [0, 0.05) is 11.6 Å². The molecule has 1 aromatic carbocycles. The maximum absolute atomic E-state index is 11.9. The van der Waals surface area contributed by atoms with Gasteiger partial charge in [-0.2, -0.15) is 0 Å². The summed E-state index contributed by atoms with van der Waals surface area (Å²) in [6.45, 7) is 3.53. The van der Waals surface area contributed by atoms with Crippen molar-refractivity contribution >= 4 is 11.9 Å². The molecule has 0 spiro atoms. The lowest BCUT2D eigenvalue weighted by Crippen LogP contribution is -2.45. The van der Waals surface area contributed by atoms with Crippen molar-refractivity contribution < 1.29 is 24.5 Å². The molecule has 6 nitrogen and oxygen atoms in total. The van der Waals surface area contributed by atoms with Crippen LogP contribution in [0.5, 0.6) is 11.5 Å². The van der Waals surface area contributed by atoms with Crippen molar-refractivity contribution in [3.05, 3.63) is 23.8 Å². The summed E-state index contributed by atoms with van der Waals surface area (Å²) in [4.78, 5) is 23.5. The number of methoxy groups -OCH3 is 1. The summed E-state index contributed by atoms with van der Waals surface area (Å²) in [7, 11) is 1.24. The van der Waals surface area contributed by atoms with Crippen molar-refractivity contribution in [1.82, 2.24) is 5.32 Å². The predicted molar refractivity (Wildman–Crippen MR) is 67.9 cm³/mol. The lowest BCUT2D eigenvalue weighted by molar-refractivity contribution is -0.144. The van der Waals surface area contributed by atoms with Crippen LogP contribution in [0.25, 0.3) is 0 Å². The average Bonchev–Trinajstić information content (AvgIpc) is 2.33. The van der Waals surface area contributed by atoms with Crippen LogP contribution in [-0.4, -0.2) is 35.2 Å². The average molecular weight is 267 g/mol. The molecule has 0 radical (unpaired) electrons. The van der Waals surface area contributed by atoms with E-state index in [1.807, 2.05) is 0 Å². The molecule has 0 saturated carbocycles. The van der Waals surface area contributed by atoms with E-state index < -0.39 is 17.9 Å². The van der Waals surface area contributed by atoms with Gasteiger partial charge < -0.3 is 20.3 Å². The van der Waals surface area contributed by atoms with Gasteiger partial charge in [0.2, 0.25) is 0 Å². The van der Waals surface area contributed by atoms with E-state index in [4.69, 9.17) is 0 Å². The number of nitrogens with one attached hydrogen (secondary N) is 1. The van der Waals surface area contributed by atoms with Crippen molar-refractivity contribution in [3.63, 3.8) is 0 Å². The fourth-order valence-electron chi connectivity index (χ4n) is 1.58. The largest absolute Gasteiger partial charge is 0.508 e. The Morgan fingerprint density at radius 2 is 1.68 bits per heavy atom. The van der Waals surface area contributed by atoms with Gasteiger partial charge in [-0.3, -0.25) is 4.79 Å². The third-order valence-electron chi connectivity index (χ3n) is 2.57. The zero-order valence-corrected chi connectivity index (χ0v) is 11.0. The van der Waals surface area contributed by atoms with Gasteiger partial charge in [-0.1, -0.05) is 13.8 Å². The maximum atomic E-state index is 11.9. The molecule has 1 amide bonds. The molecule has 0 aromatic heterocycles. The highest BCUT2D eigenvalue weighted by Crippen LogP contribution is 2.20. The summed E-state index contributed by atoms with van der Waals surface area (Å²) in [5.74, 6) is -1.74. The molecule has 0 bridgehead atoms. The summed E-state index contributed by atoms with van der Waals surface area (Å²) in [6.07, 6.45) is 0. The molecule has 19 heavy (non-hydrogen) atoms. The topological polar surface area (TPSA) is 95.9 Å². The molecule has 0 fully saturated rings. The minimum atomic E-state index is -0.790. The molecule has 0 saturated heterocycles. The fourth-order valence-corrected chi connectivity index (χ4v) is 1.58. The van der Waals surface area contributed by atoms with Crippen LogP contribution in [0.4, 0.5) is 0 Å². The number of ether oxygens (including phenoxy) is 1. The number of benzene rings is 1. The number of esters is 1. The van der Waals surface area contributed by atoms with Crippen LogP contribution in [0.3, 0.4) is 0 Å². The van der Waals surface area contributed by atoms with Crippen LogP contribution in [0.15, 0.2) is 18.2 Å². The molecule has 0 aliphatic carbocycles. The van der Waals surface area contributed by atoms with Gasteiger partial charge in [0.15, 0.2) is 0 Å². The predicted octanol–water partition coefficient (Wildman–Crippen LogP) is 1.03. The van der Waals surface area contributed by atoms with E-state index in [0.717, 1.165) is 6.07 Å². The molecule has 0 heterocycles. The molecule has 0 aliphatic heterocycles. The summed E-state index contributed by atoms with van der Waals surface area (Å²) in [5.41, 5.74) is 0.0621. The molecule has 1 aromatic rings. The van der Waals surface area contributed by atoms with Crippen LogP contribution < -0.4 is 5.32 Å². The van der Waals surface area contributed by atoms with Crippen LogP contribution in [0.1, 0.15) is 24.2 Å². The van der Waals surface area contributed by atoms with Gasteiger partial charge in [-0.25, -0.2) is 4.79 Å². The van der Waals surface area contributed by atoms with Crippen molar-refractivity contribution in [1.29, 1.82) is 0 Å². The van der Waals surface area contributed by atoms with Gasteiger partial charge in [0.1, 0.15) is 17.5 Å². The Hall–Kier alpha value is -2.24. The van der Waals surface area contributed by atoms with Crippen molar-refractivity contribution in [2.24, 2.45) is 5.92 Å². The van der Waals surface area contributed by atoms with Crippen molar-refractivity contribution in [3.8, 4) is 11.5 Å². The molecule has 1 rings (SSSR count). The Labute approximate surface area is 111 Å². The van der Waals surface area contributed by atoms with E-state index in [1.54, 1.807) is 13.8 Å². The lowest BCUT2D eigenvalue weighted by Gasteiger charge is -2.19. The zero-order valence-electron chi connectivity index (χ0n) is 11.0. The van der Waals surface area contributed by atoms with E-state index in [-0.39, 0.29) is 23.0 Å². The van der Waals surface area contributed by atoms with Crippen LogP contribution in [0, 0.1) is 5.92 Å². The Morgan fingerprint density at radius 3 is 2.11 bits per heavy atom. The highest BCUT2D eigenvalue weighted by molar-refractivity contribution is 5.97. The molecular formula is C13H17NO5. The van der Waals surface area contributed by atoms with E-state index in [1.165, 1.54) is 19.2 Å². The monoisotopic (exact) mass is 267 g/mol. The quantitative estimate of drug-likeness (QED) is 0.708. The number of carbonyl (C=O) groups is 2. The molecule has 0 aliphatic rings. The fraction of sp³-hybridized carbons (Fsp3) is 0.385. The highest BCUT2D eigenvalue weighted by Gasteiger charge is 2.25. The molecule has 1 atom stereocenters. The second kappa shape index (κ2) is 6.08. The van der Waals surface area contributed by atoms with E-state index in [2.05, 4.69) is 10.1 Å². The number of carbonyl (C=O) groups excluding carboxylic acids is 2. The van der Waals surface area contributed by atoms with Crippen LogP contribution in [0.2, 0.25) is 0 Å². The van der Waals surface area contributed by atoms with Gasteiger partial charge in [0.05, 0.1) is 7.11 Å².